The SMILES string of the molecule is CCNC(=NCc1ccccc1CN1CCCCC1)N1CCN(c2ncccn2)CC1. The molecule has 4 rings (SSSR count). The molecule has 1 N–H and O–H groups in total. The smallest absolute Gasteiger partial charge is 0.225 e. The minimum atomic E-state index is 0.717. The van der Waals surface area contributed by atoms with Gasteiger partial charge >= 0.3 is 0 Å². The number of hydrogen-bond acceptors (Lipinski definition) is 5. The Morgan fingerprint density at radius 3 is 2.32 bits per heavy atom. The fourth-order valence-electron chi connectivity index (χ4n) is 4.38. The maximum absolute atomic E-state index is 5.02. The molecule has 0 spiro atoms. The van der Waals surface area contributed by atoms with Crippen molar-refractivity contribution in [2.45, 2.75) is 39.3 Å². The van der Waals surface area contributed by atoms with Crippen LogP contribution in [0.15, 0.2) is 47.7 Å². The second-order valence-corrected chi connectivity index (χ2v) is 8.30. The highest BCUT2D eigenvalue weighted by molar-refractivity contribution is 5.80. The van der Waals surface area contributed by atoms with Gasteiger partial charge in [0.1, 0.15) is 0 Å². The maximum Gasteiger partial charge on any atom is 0.225 e. The molecule has 0 atom stereocenters. The molecule has 2 fully saturated rings. The second kappa shape index (κ2) is 11.1. The van der Waals surface area contributed by atoms with Crippen LogP contribution in [0.3, 0.4) is 0 Å². The van der Waals surface area contributed by atoms with Crippen molar-refractivity contribution in [2.75, 3.05) is 50.7 Å². The third kappa shape index (κ3) is 5.94. The number of nitrogens with one attached hydrogen (secondary N) is 1. The number of guanidine groups is 1. The zero-order valence-electron chi connectivity index (χ0n) is 18.7. The van der Waals surface area contributed by atoms with Crippen LogP contribution in [0.25, 0.3) is 0 Å². The summed E-state index contributed by atoms with van der Waals surface area (Å²) in [6, 6.07) is 10.7. The number of nitrogens with zero attached hydrogens (tertiary/aromatic N) is 6. The first kappa shape index (κ1) is 21.6. The van der Waals surface area contributed by atoms with E-state index in [9.17, 15) is 0 Å². The summed E-state index contributed by atoms with van der Waals surface area (Å²) in [5.74, 6) is 1.82. The number of piperidine rings is 1. The van der Waals surface area contributed by atoms with E-state index in [1.807, 2.05) is 18.5 Å². The van der Waals surface area contributed by atoms with E-state index in [0.717, 1.165) is 51.2 Å². The van der Waals surface area contributed by atoms with E-state index >= 15 is 0 Å². The van der Waals surface area contributed by atoms with Gasteiger partial charge in [-0.3, -0.25) is 4.90 Å². The van der Waals surface area contributed by atoms with Crippen molar-refractivity contribution in [1.29, 1.82) is 0 Å². The van der Waals surface area contributed by atoms with Crippen molar-refractivity contribution in [3.8, 4) is 0 Å². The van der Waals surface area contributed by atoms with Gasteiger partial charge in [-0.25, -0.2) is 15.0 Å². The molecule has 7 nitrogen and oxygen atoms in total. The number of aromatic nitrogens is 2. The van der Waals surface area contributed by atoms with Crippen molar-refractivity contribution in [1.82, 2.24) is 25.1 Å². The molecule has 2 aliphatic heterocycles. The highest BCUT2D eigenvalue weighted by atomic mass is 15.4. The Balaban J connectivity index is 1.39. The molecule has 0 aliphatic carbocycles. The molecule has 1 aromatic heterocycles. The lowest BCUT2D eigenvalue weighted by Crippen LogP contribution is -2.53. The first-order chi connectivity index (χ1) is 15.3. The fourth-order valence-corrected chi connectivity index (χ4v) is 4.38. The molecule has 7 heteroatoms. The van der Waals surface area contributed by atoms with Gasteiger partial charge in [-0.1, -0.05) is 30.7 Å². The van der Waals surface area contributed by atoms with Crippen LogP contribution in [0.5, 0.6) is 0 Å². The van der Waals surface area contributed by atoms with Crippen molar-refractivity contribution < 1.29 is 0 Å². The molecule has 0 bridgehead atoms. The van der Waals surface area contributed by atoms with E-state index in [0.29, 0.717) is 6.54 Å². The van der Waals surface area contributed by atoms with Crippen LogP contribution in [-0.2, 0) is 13.1 Å². The van der Waals surface area contributed by atoms with Crippen LogP contribution < -0.4 is 10.2 Å². The number of likely N-dealkylation sites (tertiary alicyclic amines) is 1. The lowest BCUT2D eigenvalue weighted by atomic mass is 10.1. The number of benzene rings is 1. The van der Waals surface area contributed by atoms with E-state index < -0.39 is 0 Å². The third-order valence-electron chi connectivity index (χ3n) is 6.11. The lowest BCUT2D eigenvalue weighted by molar-refractivity contribution is 0.220. The number of anilines is 1. The molecule has 2 aliphatic rings. The summed E-state index contributed by atoms with van der Waals surface area (Å²) in [6.07, 6.45) is 7.64. The summed E-state index contributed by atoms with van der Waals surface area (Å²) in [4.78, 5) is 21.0. The number of piperazine rings is 1. The van der Waals surface area contributed by atoms with Gasteiger partial charge in [0, 0.05) is 51.7 Å². The van der Waals surface area contributed by atoms with Crippen LogP contribution >= 0.6 is 0 Å². The summed E-state index contributed by atoms with van der Waals surface area (Å²) in [5.41, 5.74) is 2.75. The van der Waals surface area contributed by atoms with Crippen LogP contribution in [0.1, 0.15) is 37.3 Å². The van der Waals surface area contributed by atoms with E-state index in [1.165, 1.54) is 43.5 Å². The molecule has 0 radical (unpaired) electrons. The summed E-state index contributed by atoms with van der Waals surface area (Å²) < 4.78 is 0. The molecule has 1 aromatic carbocycles. The Morgan fingerprint density at radius 2 is 1.61 bits per heavy atom. The van der Waals surface area contributed by atoms with Gasteiger partial charge in [0.05, 0.1) is 6.54 Å². The summed E-state index contributed by atoms with van der Waals surface area (Å²) in [7, 11) is 0. The second-order valence-electron chi connectivity index (χ2n) is 8.30. The summed E-state index contributed by atoms with van der Waals surface area (Å²) in [6.45, 7) is 10.8. The Labute approximate surface area is 186 Å². The van der Waals surface area contributed by atoms with Gasteiger partial charge < -0.3 is 15.1 Å². The Bertz CT molecular complexity index is 825. The molecule has 0 saturated carbocycles. The summed E-state index contributed by atoms with van der Waals surface area (Å²) >= 11 is 0. The molecule has 166 valence electrons. The van der Waals surface area contributed by atoms with Gasteiger partial charge in [0.25, 0.3) is 0 Å². The van der Waals surface area contributed by atoms with E-state index in [2.05, 4.69) is 61.2 Å². The topological polar surface area (TPSA) is 59.9 Å². The number of rotatable bonds is 6. The third-order valence-corrected chi connectivity index (χ3v) is 6.11. The Hall–Kier alpha value is -2.67. The number of aliphatic imine (C=N–C) groups is 1. The molecular weight excluding hydrogens is 386 g/mol. The molecule has 0 unspecified atom stereocenters. The molecule has 3 heterocycles. The zero-order valence-corrected chi connectivity index (χ0v) is 18.7. The molecule has 0 amide bonds. The van der Waals surface area contributed by atoms with Gasteiger partial charge in [0.15, 0.2) is 5.96 Å². The van der Waals surface area contributed by atoms with Crippen molar-refractivity contribution in [2.24, 2.45) is 4.99 Å². The highest BCUT2D eigenvalue weighted by Gasteiger charge is 2.21. The van der Waals surface area contributed by atoms with Gasteiger partial charge in [-0.2, -0.15) is 0 Å². The van der Waals surface area contributed by atoms with Gasteiger partial charge in [0.2, 0.25) is 5.95 Å². The number of hydrogen-bond donors (Lipinski definition) is 1. The van der Waals surface area contributed by atoms with Crippen LogP contribution in [0.4, 0.5) is 5.95 Å². The van der Waals surface area contributed by atoms with Crippen LogP contribution in [0.2, 0.25) is 0 Å². The Morgan fingerprint density at radius 1 is 0.903 bits per heavy atom. The minimum absolute atomic E-state index is 0.717. The largest absolute Gasteiger partial charge is 0.357 e. The van der Waals surface area contributed by atoms with Crippen molar-refractivity contribution in [3.63, 3.8) is 0 Å². The standard InChI is InChI=1S/C24H35N7/c1-2-25-23(30-15-17-31(18-16-30)24-26-11-8-12-27-24)28-19-21-9-4-5-10-22(21)20-29-13-6-3-7-14-29/h4-5,8-12H,2-3,6-7,13-20H2,1H3,(H,25,28). The van der Waals surface area contributed by atoms with E-state index in [1.54, 1.807) is 0 Å². The van der Waals surface area contributed by atoms with Crippen LogP contribution in [0, 0.1) is 0 Å². The van der Waals surface area contributed by atoms with Crippen LogP contribution in [-0.4, -0.2) is 71.5 Å². The first-order valence-electron chi connectivity index (χ1n) is 11.7. The normalized spacial score (nSPS) is 18.3. The average Bonchev–Trinajstić information content (AvgIpc) is 2.84. The minimum Gasteiger partial charge on any atom is -0.357 e. The van der Waals surface area contributed by atoms with E-state index in [4.69, 9.17) is 4.99 Å². The predicted octanol–water partition coefficient (Wildman–Crippen LogP) is 2.75. The molecule has 2 saturated heterocycles. The molecule has 31 heavy (non-hydrogen) atoms. The first-order valence-corrected chi connectivity index (χ1v) is 11.7. The molecule has 2 aromatic rings. The highest BCUT2D eigenvalue weighted by Crippen LogP contribution is 2.17. The van der Waals surface area contributed by atoms with E-state index in [-0.39, 0.29) is 0 Å². The van der Waals surface area contributed by atoms with Crippen molar-refractivity contribution in [3.05, 3.63) is 53.9 Å². The monoisotopic (exact) mass is 421 g/mol. The average molecular weight is 422 g/mol. The van der Waals surface area contributed by atoms with Crippen molar-refractivity contribution >= 4 is 11.9 Å². The molecular formula is C24H35N7. The summed E-state index contributed by atoms with van der Waals surface area (Å²) in [5, 5.41) is 3.49. The van der Waals surface area contributed by atoms with Gasteiger partial charge in [-0.05, 0) is 50.0 Å². The maximum atomic E-state index is 5.02. The Kier molecular flexibility index (Phi) is 7.71. The fraction of sp³-hybridized carbons (Fsp3) is 0.542. The zero-order chi connectivity index (χ0) is 21.3. The quantitative estimate of drug-likeness (QED) is 0.572. The predicted molar refractivity (Wildman–Crippen MR) is 126 cm³/mol. The lowest BCUT2D eigenvalue weighted by Gasteiger charge is -2.36. The van der Waals surface area contributed by atoms with Gasteiger partial charge in [-0.15, -0.1) is 0 Å².